The van der Waals surface area contributed by atoms with E-state index in [1.165, 1.54) is 32.1 Å². The minimum absolute atomic E-state index is 0.580. The Morgan fingerprint density at radius 1 is 1.27 bits per heavy atom. The highest BCUT2D eigenvalue weighted by Crippen LogP contribution is 2.24. The van der Waals surface area contributed by atoms with Gasteiger partial charge >= 0.3 is 0 Å². The lowest BCUT2D eigenvalue weighted by Gasteiger charge is -2.17. The van der Waals surface area contributed by atoms with E-state index in [2.05, 4.69) is 12.1 Å². The lowest BCUT2D eigenvalue weighted by atomic mass is 9.89. The zero-order chi connectivity index (χ0) is 7.94. The van der Waals surface area contributed by atoms with Crippen LogP contribution >= 0.6 is 0 Å². The molecule has 0 bridgehead atoms. The third-order valence-corrected chi connectivity index (χ3v) is 2.27. The van der Waals surface area contributed by atoms with E-state index in [1.54, 1.807) is 0 Å². The van der Waals surface area contributed by atoms with Crippen molar-refractivity contribution in [2.45, 2.75) is 38.5 Å². The summed E-state index contributed by atoms with van der Waals surface area (Å²) in [6.07, 6.45) is 11.6. The fourth-order valence-electron chi connectivity index (χ4n) is 1.64. The SMILES string of the molecule is N#CC/C=C/C1CCCCC1. The summed E-state index contributed by atoms with van der Waals surface area (Å²) < 4.78 is 0. The predicted molar refractivity (Wildman–Crippen MR) is 45.9 cm³/mol. The zero-order valence-corrected chi connectivity index (χ0v) is 6.92. The van der Waals surface area contributed by atoms with Gasteiger partial charge in [0.2, 0.25) is 0 Å². The summed E-state index contributed by atoms with van der Waals surface area (Å²) in [7, 11) is 0. The van der Waals surface area contributed by atoms with Gasteiger partial charge in [-0.3, -0.25) is 0 Å². The third kappa shape index (κ3) is 3.23. The first-order valence-electron chi connectivity index (χ1n) is 4.47. The molecule has 60 valence electrons. The van der Waals surface area contributed by atoms with Gasteiger partial charge in [0.25, 0.3) is 0 Å². The van der Waals surface area contributed by atoms with Crippen molar-refractivity contribution in [2.75, 3.05) is 0 Å². The number of hydrogen-bond donors (Lipinski definition) is 0. The van der Waals surface area contributed by atoms with Crippen LogP contribution < -0.4 is 0 Å². The second-order valence-electron chi connectivity index (χ2n) is 3.19. The van der Waals surface area contributed by atoms with Gasteiger partial charge in [0.15, 0.2) is 0 Å². The molecule has 0 N–H and O–H groups in total. The Labute approximate surface area is 68.7 Å². The summed E-state index contributed by atoms with van der Waals surface area (Å²) >= 11 is 0. The van der Waals surface area contributed by atoms with Gasteiger partial charge in [-0.05, 0) is 18.8 Å². The Balaban J connectivity index is 2.19. The average Bonchev–Trinajstić information content (AvgIpc) is 2.07. The summed E-state index contributed by atoms with van der Waals surface area (Å²) in [5.41, 5.74) is 0. The molecule has 0 amide bonds. The fraction of sp³-hybridized carbons (Fsp3) is 0.700. The number of rotatable bonds is 2. The second-order valence-corrected chi connectivity index (χ2v) is 3.19. The van der Waals surface area contributed by atoms with Crippen molar-refractivity contribution >= 4 is 0 Å². The van der Waals surface area contributed by atoms with Crippen LogP contribution in [0.15, 0.2) is 12.2 Å². The van der Waals surface area contributed by atoms with Gasteiger partial charge in [-0.1, -0.05) is 31.4 Å². The van der Waals surface area contributed by atoms with Crippen LogP contribution in [0.5, 0.6) is 0 Å². The quantitative estimate of drug-likeness (QED) is 0.553. The van der Waals surface area contributed by atoms with Crippen molar-refractivity contribution in [3.8, 4) is 6.07 Å². The summed E-state index contributed by atoms with van der Waals surface area (Å²) in [5.74, 6) is 0.775. The molecular weight excluding hydrogens is 134 g/mol. The Bertz CT molecular complexity index is 158. The average molecular weight is 149 g/mol. The van der Waals surface area contributed by atoms with Gasteiger partial charge in [-0.2, -0.15) is 5.26 Å². The molecule has 1 nitrogen and oxygen atoms in total. The molecule has 0 unspecified atom stereocenters. The fourth-order valence-corrected chi connectivity index (χ4v) is 1.64. The zero-order valence-electron chi connectivity index (χ0n) is 6.92. The smallest absolute Gasteiger partial charge is 0.0663 e. The maximum Gasteiger partial charge on any atom is 0.0663 e. The van der Waals surface area contributed by atoms with E-state index in [4.69, 9.17) is 5.26 Å². The van der Waals surface area contributed by atoms with E-state index in [-0.39, 0.29) is 0 Å². The molecule has 0 aromatic heterocycles. The molecule has 1 rings (SSSR count). The first kappa shape index (κ1) is 8.33. The molecular formula is C10H15N. The minimum atomic E-state index is 0.580. The van der Waals surface area contributed by atoms with Gasteiger partial charge in [-0.15, -0.1) is 0 Å². The highest BCUT2D eigenvalue weighted by Gasteiger charge is 2.08. The van der Waals surface area contributed by atoms with Crippen LogP contribution in [0.25, 0.3) is 0 Å². The van der Waals surface area contributed by atoms with Gasteiger partial charge in [-0.25, -0.2) is 0 Å². The van der Waals surface area contributed by atoms with Gasteiger partial charge in [0.05, 0.1) is 12.5 Å². The van der Waals surface area contributed by atoms with E-state index >= 15 is 0 Å². The predicted octanol–water partition coefficient (Wildman–Crippen LogP) is 3.04. The molecule has 0 saturated heterocycles. The molecule has 1 fully saturated rings. The van der Waals surface area contributed by atoms with Crippen LogP contribution in [-0.4, -0.2) is 0 Å². The number of hydrogen-bond acceptors (Lipinski definition) is 1. The summed E-state index contributed by atoms with van der Waals surface area (Å²) in [6, 6.07) is 2.12. The van der Waals surface area contributed by atoms with Gasteiger partial charge in [0.1, 0.15) is 0 Å². The Hall–Kier alpha value is -0.770. The molecule has 0 spiro atoms. The molecule has 0 aliphatic heterocycles. The normalized spacial score (nSPS) is 20.3. The summed E-state index contributed by atoms with van der Waals surface area (Å²) in [5, 5.41) is 8.29. The van der Waals surface area contributed by atoms with Crippen LogP contribution in [0.1, 0.15) is 38.5 Å². The molecule has 0 heterocycles. The molecule has 1 heteroatoms. The van der Waals surface area contributed by atoms with Gasteiger partial charge in [0, 0.05) is 0 Å². The molecule has 0 aromatic rings. The first-order valence-corrected chi connectivity index (χ1v) is 4.47. The van der Waals surface area contributed by atoms with Crippen LogP contribution in [0.4, 0.5) is 0 Å². The monoisotopic (exact) mass is 149 g/mol. The standard InChI is InChI=1S/C10H15N/c11-9-5-4-8-10-6-2-1-3-7-10/h4,8,10H,1-3,5-7H2/b8-4+. The molecule has 0 aromatic carbocycles. The molecule has 1 saturated carbocycles. The van der Waals surface area contributed by atoms with E-state index in [0.717, 1.165) is 5.92 Å². The number of allylic oxidation sites excluding steroid dienone is 2. The van der Waals surface area contributed by atoms with Crippen molar-refractivity contribution in [3.05, 3.63) is 12.2 Å². The van der Waals surface area contributed by atoms with E-state index in [0.29, 0.717) is 6.42 Å². The van der Waals surface area contributed by atoms with E-state index in [1.807, 2.05) is 6.08 Å². The van der Waals surface area contributed by atoms with Crippen molar-refractivity contribution in [2.24, 2.45) is 5.92 Å². The van der Waals surface area contributed by atoms with Crippen molar-refractivity contribution < 1.29 is 0 Å². The Kier molecular flexibility index (Phi) is 3.75. The topological polar surface area (TPSA) is 23.8 Å². The highest BCUT2D eigenvalue weighted by molar-refractivity contribution is 4.94. The highest BCUT2D eigenvalue weighted by atomic mass is 14.2. The second kappa shape index (κ2) is 4.96. The molecule has 0 radical (unpaired) electrons. The number of nitriles is 1. The summed E-state index contributed by atoms with van der Waals surface area (Å²) in [6.45, 7) is 0. The van der Waals surface area contributed by atoms with Crippen LogP contribution in [0.3, 0.4) is 0 Å². The maximum absolute atomic E-state index is 8.29. The lowest BCUT2D eigenvalue weighted by molar-refractivity contribution is 0.419. The van der Waals surface area contributed by atoms with E-state index in [9.17, 15) is 0 Å². The number of nitrogens with zero attached hydrogens (tertiary/aromatic N) is 1. The first-order chi connectivity index (χ1) is 5.43. The summed E-state index contributed by atoms with van der Waals surface area (Å²) in [4.78, 5) is 0. The van der Waals surface area contributed by atoms with Crippen LogP contribution in [0.2, 0.25) is 0 Å². The van der Waals surface area contributed by atoms with Crippen LogP contribution in [0, 0.1) is 17.2 Å². The van der Waals surface area contributed by atoms with Crippen molar-refractivity contribution in [1.82, 2.24) is 0 Å². The Morgan fingerprint density at radius 2 is 2.00 bits per heavy atom. The molecule has 1 aliphatic carbocycles. The lowest BCUT2D eigenvalue weighted by Crippen LogP contribution is -2.02. The minimum Gasteiger partial charge on any atom is -0.198 e. The molecule has 11 heavy (non-hydrogen) atoms. The maximum atomic E-state index is 8.29. The Morgan fingerprint density at radius 3 is 2.64 bits per heavy atom. The van der Waals surface area contributed by atoms with Gasteiger partial charge < -0.3 is 0 Å². The van der Waals surface area contributed by atoms with E-state index < -0.39 is 0 Å². The largest absolute Gasteiger partial charge is 0.198 e. The van der Waals surface area contributed by atoms with Crippen molar-refractivity contribution in [3.63, 3.8) is 0 Å². The van der Waals surface area contributed by atoms with Crippen molar-refractivity contribution in [1.29, 1.82) is 5.26 Å². The molecule has 0 atom stereocenters. The van der Waals surface area contributed by atoms with Crippen LogP contribution in [-0.2, 0) is 0 Å². The molecule has 1 aliphatic rings. The third-order valence-electron chi connectivity index (χ3n) is 2.27.